The molecule has 0 saturated carbocycles. The van der Waals surface area contributed by atoms with Crippen LogP contribution < -0.4 is 11.1 Å². The van der Waals surface area contributed by atoms with Gasteiger partial charge in [0.1, 0.15) is 0 Å². The van der Waals surface area contributed by atoms with Crippen LogP contribution in [0.3, 0.4) is 0 Å². The molecule has 20 heavy (non-hydrogen) atoms. The van der Waals surface area contributed by atoms with E-state index in [0.29, 0.717) is 16.9 Å². The minimum Gasteiger partial charge on any atom is -0.478 e. The van der Waals surface area contributed by atoms with Gasteiger partial charge in [0.2, 0.25) is 0 Å². The van der Waals surface area contributed by atoms with Gasteiger partial charge in [-0.3, -0.25) is 4.79 Å². The first-order valence-electron chi connectivity index (χ1n) is 5.67. The van der Waals surface area contributed by atoms with Crippen molar-refractivity contribution >= 4 is 34.9 Å². The highest BCUT2D eigenvalue weighted by atomic mass is 35.5. The van der Waals surface area contributed by atoms with E-state index < -0.39 is 11.9 Å². The van der Waals surface area contributed by atoms with E-state index in [1.807, 2.05) is 0 Å². The fraction of sp³-hybridized carbons (Fsp3) is 0. The maximum Gasteiger partial charge on any atom is 0.337 e. The molecule has 0 aromatic heterocycles. The summed E-state index contributed by atoms with van der Waals surface area (Å²) in [6.07, 6.45) is 0. The van der Waals surface area contributed by atoms with E-state index in [9.17, 15) is 9.59 Å². The summed E-state index contributed by atoms with van der Waals surface area (Å²) in [6.45, 7) is 0. The van der Waals surface area contributed by atoms with E-state index >= 15 is 0 Å². The number of carbonyl (C=O) groups is 2. The van der Waals surface area contributed by atoms with Gasteiger partial charge in [0.15, 0.2) is 0 Å². The molecule has 0 bridgehead atoms. The average molecular weight is 291 g/mol. The molecule has 0 saturated heterocycles. The minimum absolute atomic E-state index is 0.0143. The molecule has 4 N–H and O–H groups in total. The maximum absolute atomic E-state index is 11.3. The Hall–Kier alpha value is -2.53. The lowest BCUT2D eigenvalue weighted by Crippen LogP contribution is -2.13. The van der Waals surface area contributed by atoms with Crippen molar-refractivity contribution in [3.05, 3.63) is 58.6 Å². The van der Waals surface area contributed by atoms with Crippen LogP contribution in [-0.4, -0.2) is 17.0 Å². The zero-order valence-electron chi connectivity index (χ0n) is 10.3. The molecule has 0 heterocycles. The smallest absolute Gasteiger partial charge is 0.337 e. The van der Waals surface area contributed by atoms with Crippen molar-refractivity contribution in [2.24, 2.45) is 5.73 Å². The number of anilines is 2. The van der Waals surface area contributed by atoms with Crippen molar-refractivity contribution in [2.75, 3.05) is 5.32 Å². The highest BCUT2D eigenvalue weighted by molar-refractivity contribution is 6.33. The van der Waals surface area contributed by atoms with Crippen LogP contribution in [0, 0.1) is 0 Å². The lowest BCUT2D eigenvalue weighted by molar-refractivity contribution is 0.0697. The summed E-state index contributed by atoms with van der Waals surface area (Å²) in [5.74, 6) is -1.65. The number of primary amides is 1. The number of para-hydroxylation sites is 1. The van der Waals surface area contributed by atoms with Gasteiger partial charge >= 0.3 is 5.97 Å². The van der Waals surface area contributed by atoms with Crippen LogP contribution in [-0.2, 0) is 0 Å². The number of rotatable bonds is 4. The van der Waals surface area contributed by atoms with Gasteiger partial charge in [-0.1, -0.05) is 23.7 Å². The summed E-state index contributed by atoms with van der Waals surface area (Å²) in [5, 5.41) is 12.0. The fourth-order valence-corrected chi connectivity index (χ4v) is 1.99. The molecule has 102 valence electrons. The van der Waals surface area contributed by atoms with E-state index in [-0.39, 0.29) is 10.6 Å². The Morgan fingerprint density at radius 1 is 1.10 bits per heavy atom. The lowest BCUT2D eigenvalue weighted by atomic mass is 10.1. The number of nitrogens with two attached hydrogens (primary N) is 1. The van der Waals surface area contributed by atoms with Crippen LogP contribution in [0.5, 0.6) is 0 Å². The number of halogens is 1. The lowest BCUT2D eigenvalue weighted by Gasteiger charge is -2.10. The number of hydrogen-bond acceptors (Lipinski definition) is 3. The number of carbonyl (C=O) groups excluding carboxylic acids is 1. The topological polar surface area (TPSA) is 92.4 Å². The summed E-state index contributed by atoms with van der Waals surface area (Å²) >= 11 is 5.88. The Kier molecular flexibility index (Phi) is 3.91. The van der Waals surface area contributed by atoms with Gasteiger partial charge in [-0.05, 0) is 30.3 Å². The van der Waals surface area contributed by atoms with Gasteiger partial charge in [0, 0.05) is 5.69 Å². The van der Waals surface area contributed by atoms with Gasteiger partial charge in [0.05, 0.1) is 21.8 Å². The highest BCUT2D eigenvalue weighted by Crippen LogP contribution is 2.25. The summed E-state index contributed by atoms with van der Waals surface area (Å²) in [6, 6.07) is 11.2. The molecule has 2 aromatic carbocycles. The number of aromatic carboxylic acids is 1. The number of carboxylic acid groups (broad SMARTS) is 1. The molecule has 5 nitrogen and oxygen atoms in total. The molecule has 2 rings (SSSR count). The first-order valence-corrected chi connectivity index (χ1v) is 6.05. The molecule has 0 atom stereocenters. The number of hydrogen-bond donors (Lipinski definition) is 3. The molecule has 1 amide bonds. The van der Waals surface area contributed by atoms with E-state index in [1.165, 1.54) is 12.1 Å². The Balaban J connectivity index is 2.34. The van der Waals surface area contributed by atoms with Gasteiger partial charge in [-0.2, -0.15) is 0 Å². The molecule has 0 unspecified atom stereocenters. The third-order valence-electron chi connectivity index (χ3n) is 2.67. The molecule has 2 aromatic rings. The molecule has 0 aliphatic heterocycles. The monoisotopic (exact) mass is 290 g/mol. The predicted molar refractivity (Wildman–Crippen MR) is 76.7 cm³/mol. The van der Waals surface area contributed by atoms with Crippen molar-refractivity contribution in [2.45, 2.75) is 0 Å². The van der Waals surface area contributed by atoms with Gasteiger partial charge in [-0.15, -0.1) is 0 Å². The molecule has 0 fully saturated rings. The average Bonchev–Trinajstić information content (AvgIpc) is 2.38. The minimum atomic E-state index is -1.10. The molecular weight excluding hydrogens is 280 g/mol. The molecule has 0 aliphatic carbocycles. The highest BCUT2D eigenvalue weighted by Gasteiger charge is 2.11. The van der Waals surface area contributed by atoms with Crippen LogP contribution in [0.25, 0.3) is 0 Å². The van der Waals surface area contributed by atoms with Gasteiger partial charge in [0.25, 0.3) is 5.91 Å². The molecule has 0 aliphatic rings. The Bertz CT molecular complexity index is 686. The molecule has 0 spiro atoms. The second-order valence-corrected chi connectivity index (χ2v) is 4.44. The van der Waals surface area contributed by atoms with E-state index in [1.54, 1.807) is 30.3 Å². The number of nitrogens with one attached hydrogen (secondary N) is 1. The Morgan fingerprint density at radius 2 is 1.80 bits per heavy atom. The van der Waals surface area contributed by atoms with Crippen molar-refractivity contribution in [1.29, 1.82) is 0 Å². The second-order valence-electron chi connectivity index (χ2n) is 4.03. The number of amides is 1. The zero-order chi connectivity index (χ0) is 14.7. The first-order chi connectivity index (χ1) is 9.49. The maximum atomic E-state index is 11.3. The molecule has 0 radical (unpaired) electrons. The predicted octanol–water partition coefficient (Wildman–Crippen LogP) is 2.88. The quantitative estimate of drug-likeness (QED) is 0.807. The third-order valence-corrected chi connectivity index (χ3v) is 2.98. The summed E-state index contributed by atoms with van der Waals surface area (Å²) in [4.78, 5) is 22.2. The van der Waals surface area contributed by atoms with E-state index in [2.05, 4.69) is 5.32 Å². The van der Waals surface area contributed by atoms with Crippen LogP contribution in [0.4, 0.5) is 11.4 Å². The van der Waals surface area contributed by atoms with Crippen molar-refractivity contribution < 1.29 is 14.7 Å². The van der Waals surface area contributed by atoms with E-state index in [0.717, 1.165) is 0 Å². The van der Waals surface area contributed by atoms with Crippen LogP contribution in [0.2, 0.25) is 5.02 Å². The molecule has 6 heteroatoms. The van der Waals surface area contributed by atoms with Crippen molar-refractivity contribution in [3.8, 4) is 0 Å². The first kappa shape index (κ1) is 13.9. The fourth-order valence-electron chi connectivity index (χ4n) is 1.73. The third kappa shape index (κ3) is 2.89. The number of carboxylic acids is 1. The Morgan fingerprint density at radius 3 is 2.40 bits per heavy atom. The summed E-state index contributed by atoms with van der Waals surface area (Å²) in [5.41, 5.74) is 6.72. The van der Waals surface area contributed by atoms with Crippen molar-refractivity contribution in [3.63, 3.8) is 0 Å². The van der Waals surface area contributed by atoms with Gasteiger partial charge in [-0.25, -0.2) is 4.79 Å². The standard InChI is InChI=1S/C14H11ClN2O3/c15-11-7-8(5-6-9(11)14(19)20)17-12-4-2-1-3-10(12)13(16)18/h1-7,17H,(H2,16,18)(H,19,20). The SMILES string of the molecule is NC(=O)c1ccccc1Nc1ccc(C(=O)O)c(Cl)c1. The number of benzene rings is 2. The normalized spacial score (nSPS) is 10.1. The largest absolute Gasteiger partial charge is 0.478 e. The zero-order valence-corrected chi connectivity index (χ0v) is 11.0. The van der Waals surface area contributed by atoms with Gasteiger partial charge < -0.3 is 16.2 Å². The summed E-state index contributed by atoms with van der Waals surface area (Å²) < 4.78 is 0. The van der Waals surface area contributed by atoms with Crippen LogP contribution >= 0.6 is 11.6 Å². The molecular formula is C14H11ClN2O3. The van der Waals surface area contributed by atoms with Crippen molar-refractivity contribution in [1.82, 2.24) is 0 Å². The Labute approximate surface area is 120 Å². The second kappa shape index (κ2) is 5.63. The van der Waals surface area contributed by atoms with Crippen LogP contribution in [0.1, 0.15) is 20.7 Å². The van der Waals surface area contributed by atoms with E-state index in [4.69, 9.17) is 22.4 Å². The van der Waals surface area contributed by atoms with Crippen LogP contribution in [0.15, 0.2) is 42.5 Å². The summed E-state index contributed by atoms with van der Waals surface area (Å²) in [7, 11) is 0.